The zero-order chi connectivity index (χ0) is 18.5. The van der Waals surface area contributed by atoms with Crippen molar-refractivity contribution in [1.29, 1.82) is 0 Å². The number of aromatic nitrogens is 1. The molecule has 1 aromatic carbocycles. The lowest BCUT2D eigenvalue weighted by Crippen LogP contribution is -2.41. The highest BCUT2D eigenvalue weighted by atomic mass is 32.1. The number of fused-ring (bicyclic) bond motifs is 1. The Kier molecular flexibility index (Phi) is 5.68. The summed E-state index contributed by atoms with van der Waals surface area (Å²) in [6, 6.07) is 7.05. The molecule has 0 aliphatic carbocycles. The van der Waals surface area contributed by atoms with Gasteiger partial charge in [0.25, 0.3) is 5.91 Å². The maximum Gasteiger partial charge on any atom is 0.255 e. The third-order valence-electron chi connectivity index (χ3n) is 4.03. The average Bonchev–Trinajstić information content (AvgIpc) is 3.28. The summed E-state index contributed by atoms with van der Waals surface area (Å²) >= 11 is 1.44. The minimum atomic E-state index is -0.690. The van der Waals surface area contributed by atoms with Crippen LogP contribution in [0, 0.1) is 0 Å². The molecule has 0 fully saturated rings. The molecule has 0 aliphatic rings. The van der Waals surface area contributed by atoms with E-state index in [0.717, 1.165) is 29.5 Å². The SMILES string of the molecule is CCCCc1ccc2nc(NC(=O)C(C)NC(=O)c3ccoc3)sc2c1. The molecule has 0 saturated carbocycles. The quantitative estimate of drug-likeness (QED) is 0.658. The van der Waals surface area contributed by atoms with Crippen LogP contribution in [0.3, 0.4) is 0 Å². The van der Waals surface area contributed by atoms with E-state index in [1.54, 1.807) is 13.0 Å². The van der Waals surface area contributed by atoms with Gasteiger partial charge in [-0.3, -0.25) is 9.59 Å². The zero-order valence-electron chi connectivity index (χ0n) is 14.7. The van der Waals surface area contributed by atoms with Gasteiger partial charge in [0, 0.05) is 0 Å². The lowest BCUT2D eigenvalue weighted by atomic mass is 10.1. The van der Waals surface area contributed by atoms with Crippen molar-refractivity contribution in [2.24, 2.45) is 0 Å². The lowest BCUT2D eigenvalue weighted by Gasteiger charge is -2.11. The van der Waals surface area contributed by atoms with E-state index in [9.17, 15) is 9.59 Å². The summed E-state index contributed by atoms with van der Waals surface area (Å²) in [7, 11) is 0. The molecule has 136 valence electrons. The van der Waals surface area contributed by atoms with E-state index in [0.29, 0.717) is 10.7 Å². The van der Waals surface area contributed by atoms with Crippen molar-refractivity contribution in [3.05, 3.63) is 47.9 Å². The van der Waals surface area contributed by atoms with Gasteiger partial charge >= 0.3 is 0 Å². The number of carbonyl (C=O) groups excluding carboxylic acids is 2. The topological polar surface area (TPSA) is 84.2 Å². The lowest BCUT2D eigenvalue weighted by molar-refractivity contribution is -0.117. The van der Waals surface area contributed by atoms with Gasteiger partial charge in [0.2, 0.25) is 5.91 Å². The van der Waals surface area contributed by atoms with E-state index >= 15 is 0 Å². The van der Waals surface area contributed by atoms with Gasteiger partial charge in [0.15, 0.2) is 5.13 Å². The predicted molar refractivity (Wildman–Crippen MR) is 102 cm³/mol. The molecule has 2 N–H and O–H groups in total. The Balaban J connectivity index is 1.63. The molecule has 0 spiro atoms. The van der Waals surface area contributed by atoms with Crippen LogP contribution in [0.5, 0.6) is 0 Å². The number of unbranched alkanes of at least 4 members (excludes halogenated alkanes) is 1. The van der Waals surface area contributed by atoms with Gasteiger partial charge < -0.3 is 15.1 Å². The van der Waals surface area contributed by atoms with E-state index in [-0.39, 0.29) is 11.8 Å². The molecule has 0 bridgehead atoms. The van der Waals surface area contributed by atoms with E-state index in [1.165, 1.54) is 29.4 Å². The highest BCUT2D eigenvalue weighted by molar-refractivity contribution is 7.22. The molecule has 3 aromatic rings. The summed E-state index contributed by atoms with van der Waals surface area (Å²) in [6.07, 6.45) is 6.11. The molecular formula is C19H21N3O3S. The van der Waals surface area contributed by atoms with E-state index < -0.39 is 6.04 Å². The van der Waals surface area contributed by atoms with Crippen molar-refractivity contribution >= 4 is 38.5 Å². The molecule has 0 aliphatic heterocycles. The number of hydrogen-bond donors (Lipinski definition) is 2. The Morgan fingerprint density at radius 2 is 2.15 bits per heavy atom. The number of nitrogens with zero attached hydrogens (tertiary/aromatic N) is 1. The first-order valence-electron chi connectivity index (χ1n) is 8.60. The Hall–Kier alpha value is -2.67. The summed E-state index contributed by atoms with van der Waals surface area (Å²) in [5, 5.41) is 5.94. The molecule has 7 heteroatoms. The number of anilines is 1. The van der Waals surface area contributed by atoms with Gasteiger partial charge in [-0.2, -0.15) is 0 Å². The maximum atomic E-state index is 12.3. The molecule has 0 saturated heterocycles. The molecule has 1 unspecified atom stereocenters. The molecule has 0 radical (unpaired) electrons. The summed E-state index contributed by atoms with van der Waals surface area (Å²) in [5.74, 6) is -0.668. The van der Waals surface area contributed by atoms with Gasteiger partial charge in [-0.25, -0.2) is 4.98 Å². The van der Waals surface area contributed by atoms with Crippen LogP contribution in [-0.4, -0.2) is 22.8 Å². The number of nitrogens with one attached hydrogen (secondary N) is 2. The molecule has 2 aromatic heterocycles. The number of amides is 2. The Labute approximate surface area is 155 Å². The largest absolute Gasteiger partial charge is 0.472 e. The number of furan rings is 1. The van der Waals surface area contributed by atoms with Crippen LogP contribution in [0.4, 0.5) is 5.13 Å². The smallest absolute Gasteiger partial charge is 0.255 e. The normalized spacial score (nSPS) is 12.1. The number of thiazole rings is 1. The number of carbonyl (C=O) groups is 2. The van der Waals surface area contributed by atoms with Crippen molar-refractivity contribution in [3.63, 3.8) is 0 Å². The van der Waals surface area contributed by atoms with Gasteiger partial charge in [-0.05, 0) is 43.5 Å². The summed E-state index contributed by atoms with van der Waals surface area (Å²) in [4.78, 5) is 28.7. The standard InChI is InChI=1S/C19H21N3O3S/c1-3-4-5-13-6-7-15-16(10-13)26-19(21-15)22-17(23)12(2)20-18(24)14-8-9-25-11-14/h6-12H,3-5H2,1-2H3,(H,20,24)(H,21,22,23). The summed E-state index contributed by atoms with van der Waals surface area (Å²) < 4.78 is 5.92. The highest BCUT2D eigenvalue weighted by Crippen LogP contribution is 2.27. The zero-order valence-corrected chi connectivity index (χ0v) is 15.6. The summed E-state index contributed by atoms with van der Waals surface area (Å²) in [6.45, 7) is 3.80. The fraction of sp³-hybridized carbons (Fsp3) is 0.316. The van der Waals surface area contributed by atoms with Crippen molar-refractivity contribution in [2.75, 3.05) is 5.32 Å². The van der Waals surface area contributed by atoms with Crippen LogP contribution in [-0.2, 0) is 11.2 Å². The number of rotatable bonds is 7. The highest BCUT2D eigenvalue weighted by Gasteiger charge is 2.18. The first-order valence-corrected chi connectivity index (χ1v) is 9.42. The Bertz CT molecular complexity index is 902. The van der Waals surface area contributed by atoms with Crippen LogP contribution < -0.4 is 10.6 Å². The van der Waals surface area contributed by atoms with Crippen LogP contribution in [0.25, 0.3) is 10.2 Å². The molecular weight excluding hydrogens is 350 g/mol. The summed E-state index contributed by atoms with van der Waals surface area (Å²) in [5.41, 5.74) is 2.52. The molecule has 6 nitrogen and oxygen atoms in total. The monoisotopic (exact) mass is 371 g/mol. The second kappa shape index (κ2) is 8.14. The average molecular weight is 371 g/mol. The first kappa shape index (κ1) is 18.1. The molecule has 3 rings (SSSR count). The van der Waals surface area contributed by atoms with Crippen molar-refractivity contribution < 1.29 is 14.0 Å². The number of benzene rings is 1. The van der Waals surface area contributed by atoms with Crippen LogP contribution in [0.15, 0.2) is 41.2 Å². The molecule has 2 amide bonds. The van der Waals surface area contributed by atoms with Gasteiger partial charge in [-0.1, -0.05) is 30.7 Å². The third kappa shape index (κ3) is 4.29. The van der Waals surface area contributed by atoms with Crippen molar-refractivity contribution in [3.8, 4) is 0 Å². The minimum Gasteiger partial charge on any atom is -0.472 e. The second-order valence-electron chi connectivity index (χ2n) is 6.12. The minimum absolute atomic E-state index is 0.313. The van der Waals surface area contributed by atoms with E-state index in [4.69, 9.17) is 4.42 Å². The van der Waals surface area contributed by atoms with Crippen LogP contribution in [0.1, 0.15) is 42.6 Å². The number of aryl methyl sites for hydroxylation is 1. The van der Waals surface area contributed by atoms with Gasteiger partial charge in [0.1, 0.15) is 12.3 Å². The first-order chi connectivity index (χ1) is 12.6. The fourth-order valence-corrected chi connectivity index (χ4v) is 3.44. The van der Waals surface area contributed by atoms with Crippen LogP contribution in [0.2, 0.25) is 0 Å². The van der Waals surface area contributed by atoms with E-state index in [2.05, 4.69) is 34.7 Å². The van der Waals surface area contributed by atoms with Gasteiger partial charge in [-0.15, -0.1) is 0 Å². The van der Waals surface area contributed by atoms with Crippen LogP contribution >= 0.6 is 11.3 Å². The van der Waals surface area contributed by atoms with Crippen molar-refractivity contribution in [2.45, 2.75) is 39.2 Å². The second-order valence-corrected chi connectivity index (χ2v) is 7.15. The van der Waals surface area contributed by atoms with Gasteiger partial charge in [0.05, 0.1) is 22.0 Å². The Morgan fingerprint density at radius 3 is 2.88 bits per heavy atom. The Morgan fingerprint density at radius 1 is 1.31 bits per heavy atom. The third-order valence-corrected chi connectivity index (χ3v) is 4.96. The molecule has 26 heavy (non-hydrogen) atoms. The number of hydrogen-bond acceptors (Lipinski definition) is 5. The predicted octanol–water partition coefficient (Wildman–Crippen LogP) is 3.99. The fourth-order valence-electron chi connectivity index (χ4n) is 2.51. The molecule has 2 heterocycles. The van der Waals surface area contributed by atoms with Crippen molar-refractivity contribution in [1.82, 2.24) is 10.3 Å². The maximum absolute atomic E-state index is 12.3. The molecule has 1 atom stereocenters. The van der Waals surface area contributed by atoms with E-state index in [1.807, 2.05) is 6.07 Å².